The smallest absolute Gasteiger partial charge is 0.331 e. The fraction of sp³-hybridized carbons (Fsp3) is 0.600. The Morgan fingerprint density at radius 1 is 1.47 bits per heavy atom. The molecule has 1 saturated carbocycles. The number of carbonyl (C=O) groups is 1. The van der Waals surface area contributed by atoms with Gasteiger partial charge in [-0.1, -0.05) is 19.3 Å². The summed E-state index contributed by atoms with van der Waals surface area (Å²) < 4.78 is 2.62. The molecule has 0 unspecified atom stereocenters. The fourth-order valence-corrected chi connectivity index (χ4v) is 2.60. The Labute approximate surface area is 102 Å². The topological polar surface area (TPSA) is 55.1 Å². The first kappa shape index (κ1) is 10.9. The maximum atomic E-state index is 11.4. The first-order chi connectivity index (χ1) is 7.15. The van der Waals surface area contributed by atoms with Crippen LogP contribution in [0.2, 0.25) is 0 Å². The predicted octanol–water partition coefficient (Wildman–Crippen LogP) is 2.23. The highest BCUT2D eigenvalue weighted by molar-refractivity contribution is 14.1. The van der Waals surface area contributed by atoms with Crippen LogP contribution in [0.25, 0.3) is 0 Å². The molecule has 82 valence electrons. The molecule has 0 saturated heterocycles. The molecule has 1 aliphatic rings. The molecule has 1 aliphatic carbocycles. The normalized spacial score (nSPS) is 20.1. The van der Waals surface area contributed by atoms with E-state index in [2.05, 4.69) is 27.7 Å². The molecule has 4 nitrogen and oxygen atoms in total. The fourth-order valence-electron chi connectivity index (χ4n) is 2.21. The molecular weight excluding hydrogens is 307 g/mol. The Morgan fingerprint density at radius 3 is 2.60 bits per heavy atom. The van der Waals surface area contributed by atoms with E-state index < -0.39 is 11.5 Å². The number of aliphatic carboxylic acids is 1. The average Bonchev–Trinajstić information content (AvgIpc) is 2.66. The Hall–Kier alpha value is -0.590. The maximum Gasteiger partial charge on any atom is 0.331 e. The number of hydrogen-bond donors (Lipinski definition) is 1. The van der Waals surface area contributed by atoms with E-state index in [1.807, 2.05) is 6.20 Å². The summed E-state index contributed by atoms with van der Waals surface area (Å²) in [5.41, 5.74) is -0.790. The van der Waals surface area contributed by atoms with Crippen LogP contribution in [0.3, 0.4) is 0 Å². The zero-order chi connectivity index (χ0) is 10.9. The molecule has 15 heavy (non-hydrogen) atoms. The van der Waals surface area contributed by atoms with Gasteiger partial charge in [-0.15, -0.1) is 0 Å². The third-order valence-electron chi connectivity index (χ3n) is 3.07. The summed E-state index contributed by atoms with van der Waals surface area (Å²) >= 11 is 2.15. The molecule has 1 heterocycles. The minimum absolute atomic E-state index is 0.695. The summed E-state index contributed by atoms with van der Waals surface area (Å²) in [6, 6.07) is 0. The zero-order valence-electron chi connectivity index (χ0n) is 8.32. The molecule has 0 amide bonds. The van der Waals surface area contributed by atoms with Crippen molar-refractivity contribution in [2.45, 2.75) is 37.6 Å². The number of rotatable bonds is 2. The Morgan fingerprint density at radius 2 is 2.13 bits per heavy atom. The van der Waals surface area contributed by atoms with Crippen molar-refractivity contribution < 1.29 is 9.90 Å². The number of nitrogens with zero attached hydrogens (tertiary/aromatic N) is 2. The van der Waals surface area contributed by atoms with Gasteiger partial charge in [-0.25, -0.2) is 4.79 Å². The van der Waals surface area contributed by atoms with E-state index >= 15 is 0 Å². The second kappa shape index (κ2) is 4.11. The van der Waals surface area contributed by atoms with Gasteiger partial charge in [0.1, 0.15) is 0 Å². The first-order valence-electron chi connectivity index (χ1n) is 5.09. The minimum atomic E-state index is -0.790. The van der Waals surface area contributed by atoms with Gasteiger partial charge in [-0.2, -0.15) is 5.10 Å². The monoisotopic (exact) mass is 320 g/mol. The lowest BCUT2D eigenvalue weighted by molar-refractivity contribution is -0.150. The lowest BCUT2D eigenvalue weighted by Crippen LogP contribution is -2.44. The number of hydrogen-bond acceptors (Lipinski definition) is 2. The van der Waals surface area contributed by atoms with E-state index in [0.29, 0.717) is 12.8 Å². The molecule has 1 N–H and O–H groups in total. The van der Waals surface area contributed by atoms with Gasteiger partial charge in [0.25, 0.3) is 0 Å². The summed E-state index contributed by atoms with van der Waals surface area (Å²) in [6.07, 6.45) is 8.00. The van der Waals surface area contributed by atoms with Gasteiger partial charge in [-0.05, 0) is 35.4 Å². The van der Waals surface area contributed by atoms with Crippen LogP contribution >= 0.6 is 22.6 Å². The van der Waals surface area contributed by atoms with Gasteiger partial charge in [0.05, 0.1) is 9.77 Å². The van der Waals surface area contributed by atoms with Crippen molar-refractivity contribution in [3.63, 3.8) is 0 Å². The second-order valence-corrected chi connectivity index (χ2v) is 5.25. The largest absolute Gasteiger partial charge is 0.479 e. The first-order valence-corrected chi connectivity index (χ1v) is 6.17. The average molecular weight is 320 g/mol. The number of aromatic nitrogens is 2. The van der Waals surface area contributed by atoms with Crippen molar-refractivity contribution in [1.29, 1.82) is 0 Å². The van der Waals surface area contributed by atoms with Crippen LogP contribution in [0, 0.1) is 3.57 Å². The molecule has 0 bridgehead atoms. The van der Waals surface area contributed by atoms with Gasteiger partial charge in [-0.3, -0.25) is 4.68 Å². The number of halogens is 1. The molecule has 0 aliphatic heterocycles. The molecular formula is C10H13IN2O2. The minimum Gasteiger partial charge on any atom is -0.479 e. The molecule has 1 aromatic heterocycles. The number of carboxylic acids is 1. The molecule has 0 radical (unpaired) electrons. The van der Waals surface area contributed by atoms with Crippen molar-refractivity contribution in [2.75, 3.05) is 0 Å². The van der Waals surface area contributed by atoms with Crippen molar-refractivity contribution >= 4 is 28.6 Å². The van der Waals surface area contributed by atoms with Crippen molar-refractivity contribution in [1.82, 2.24) is 9.78 Å². The van der Waals surface area contributed by atoms with Crippen LogP contribution in [0.1, 0.15) is 32.1 Å². The highest BCUT2D eigenvalue weighted by Gasteiger charge is 2.42. The summed E-state index contributed by atoms with van der Waals surface area (Å²) in [4.78, 5) is 11.4. The zero-order valence-corrected chi connectivity index (χ0v) is 10.5. The number of carboxylic acid groups (broad SMARTS) is 1. The summed E-state index contributed by atoms with van der Waals surface area (Å²) in [5, 5.41) is 13.5. The Bertz CT molecular complexity index is 369. The highest BCUT2D eigenvalue weighted by Crippen LogP contribution is 2.34. The van der Waals surface area contributed by atoms with E-state index in [1.165, 1.54) is 0 Å². The van der Waals surface area contributed by atoms with Gasteiger partial charge < -0.3 is 5.11 Å². The third kappa shape index (κ3) is 1.89. The summed E-state index contributed by atoms with van der Waals surface area (Å²) in [5.74, 6) is -0.748. The van der Waals surface area contributed by atoms with Crippen LogP contribution in [-0.4, -0.2) is 20.9 Å². The molecule has 0 atom stereocenters. The lowest BCUT2D eigenvalue weighted by atomic mass is 9.82. The second-order valence-electron chi connectivity index (χ2n) is 4.00. The molecule has 1 fully saturated rings. The van der Waals surface area contributed by atoms with Crippen LogP contribution in [0.15, 0.2) is 12.4 Å². The standard InChI is InChI=1S/C10H13IN2O2/c11-8-6-12-13(7-8)10(9(14)15)4-2-1-3-5-10/h6-7H,1-5H2,(H,14,15). The third-order valence-corrected chi connectivity index (χ3v) is 3.63. The molecule has 5 heteroatoms. The highest BCUT2D eigenvalue weighted by atomic mass is 127. The van der Waals surface area contributed by atoms with E-state index in [0.717, 1.165) is 22.8 Å². The van der Waals surface area contributed by atoms with Gasteiger partial charge >= 0.3 is 5.97 Å². The van der Waals surface area contributed by atoms with Crippen LogP contribution < -0.4 is 0 Å². The molecule has 1 aromatic rings. The SMILES string of the molecule is O=C(O)C1(n2cc(I)cn2)CCCCC1. The van der Waals surface area contributed by atoms with Gasteiger partial charge in [0.2, 0.25) is 0 Å². The molecule has 0 spiro atoms. The molecule has 0 aromatic carbocycles. The quantitative estimate of drug-likeness (QED) is 0.850. The van der Waals surface area contributed by atoms with Crippen molar-refractivity contribution in [3.05, 3.63) is 16.0 Å². The predicted molar refractivity (Wildman–Crippen MR) is 63.6 cm³/mol. The van der Waals surface area contributed by atoms with E-state index in [-0.39, 0.29) is 0 Å². The van der Waals surface area contributed by atoms with Gasteiger partial charge in [0.15, 0.2) is 5.54 Å². The maximum absolute atomic E-state index is 11.4. The summed E-state index contributed by atoms with van der Waals surface area (Å²) in [6.45, 7) is 0. The Kier molecular flexibility index (Phi) is 2.99. The van der Waals surface area contributed by atoms with E-state index in [9.17, 15) is 9.90 Å². The van der Waals surface area contributed by atoms with Crippen LogP contribution in [0.4, 0.5) is 0 Å². The van der Waals surface area contributed by atoms with Crippen LogP contribution in [-0.2, 0) is 10.3 Å². The van der Waals surface area contributed by atoms with E-state index in [4.69, 9.17) is 0 Å². The van der Waals surface area contributed by atoms with Crippen molar-refractivity contribution in [3.8, 4) is 0 Å². The molecule has 2 rings (SSSR count). The lowest BCUT2D eigenvalue weighted by Gasteiger charge is -2.33. The van der Waals surface area contributed by atoms with E-state index in [1.54, 1.807) is 10.9 Å². The Balaban J connectivity index is 2.37. The van der Waals surface area contributed by atoms with Crippen molar-refractivity contribution in [2.24, 2.45) is 0 Å². The van der Waals surface area contributed by atoms with Crippen LogP contribution in [0.5, 0.6) is 0 Å². The summed E-state index contributed by atoms with van der Waals surface area (Å²) in [7, 11) is 0. The van der Waals surface area contributed by atoms with Gasteiger partial charge in [0, 0.05) is 6.20 Å².